The molecule has 0 saturated carbocycles. The average Bonchev–Trinajstić information content (AvgIpc) is 3.27. The quantitative estimate of drug-likeness (QED) is 0.729. The van der Waals surface area contributed by atoms with E-state index in [0.29, 0.717) is 43.2 Å². The Morgan fingerprint density at radius 1 is 0.871 bits per heavy atom. The number of nitrogens with zero attached hydrogens (tertiary/aromatic N) is 6. The number of hydrogen-bond acceptors (Lipinski definition) is 8. The van der Waals surface area contributed by atoms with Crippen molar-refractivity contribution in [3.8, 4) is 11.5 Å². The summed E-state index contributed by atoms with van der Waals surface area (Å²) >= 11 is 0. The molecule has 0 spiro atoms. The van der Waals surface area contributed by atoms with Crippen molar-refractivity contribution in [1.82, 2.24) is 19.8 Å². The first-order valence-electron chi connectivity index (χ1n) is 10.8. The van der Waals surface area contributed by atoms with Gasteiger partial charge in [-0.05, 0) is 32.2 Å². The third-order valence-electron chi connectivity index (χ3n) is 6.13. The van der Waals surface area contributed by atoms with Gasteiger partial charge < -0.3 is 29.1 Å². The Balaban J connectivity index is 1.24. The van der Waals surface area contributed by atoms with Gasteiger partial charge in [-0.15, -0.1) is 0 Å². The molecule has 0 bridgehead atoms. The molecule has 1 aromatic heterocycles. The monoisotopic (exact) mass is 424 g/mol. The van der Waals surface area contributed by atoms with Gasteiger partial charge in [0.25, 0.3) is 5.91 Å². The molecule has 2 fully saturated rings. The highest BCUT2D eigenvalue weighted by Crippen LogP contribution is 2.33. The van der Waals surface area contributed by atoms with Crippen LogP contribution in [0.2, 0.25) is 0 Å². The Morgan fingerprint density at radius 3 is 2.35 bits per heavy atom. The Morgan fingerprint density at radius 2 is 1.58 bits per heavy atom. The zero-order chi connectivity index (χ0) is 21.4. The van der Waals surface area contributed by atoms with Crippen LogP contribution in [0, 0.1) is 6.92 Å². The van der Waals surface area contributed by atoms with Gasteiger partial charge in [0.1, 0.15) is 5.82 Å². The fourth-order valence-electron chi connectivity index (χ4n) is 4.20. The summed E-state index contributed by atoms with van der Waals surface area (Å²) in [6.07, 6.45) is 0. The lowest BCUT2D eigenvalue weighted by Crippen LogP contribution is -2.49. The van der Waals surface area contributed by atoms with Crippen LogP contribution >= 0.6 is 0 Å². The number of amides is 1. The van der Waals surface area contributed by atoms with Crippen molar-refractivity contribution in [3.05, 3.63) is 35.5 Å². The Kier molecular flexibility index (Phi) is 5.27. The lowest BCUT2D eigenvalue weighted by atomic mass is 10.1. The molecule has 164 valence electrons. The van der Waals surface area contributed by atoms with Gasteiger partial charge in [0.15, 0.2) is 11.5 Å². The molecule has 1 amide bonds. The molecule has 3 aliphatic heterocycles. The smallest absolute Gasteiger partial charge is 0.254 e. The van der Waals surface area contributed by atoms with E-state index in [1.807, 2.05) is 11.8 Å². The summed E-state index contributed by atoms with van der Waals surface area (Å²) in [5.74, 6) is 3.09. The van der Waals surface area contributed by atoms with E-state index in [2.05, 4.69) is 32.8 Å². The van der Waals surface area contributed by atoms with Crippen molar-refractivity contribution < 1.29 is 14.3 Å². The van der Waals surface area contributed by atoms with Gasteiger partial charge in [0, 0.05) is 69.7 Å². The second-order valence-corrected chi connectivity index (χ2v) is 8.31. The van der Waals surface area contributed by atoms with Crippen molar-refractivity contribution in [2.75, 3.05) is 76.0 Å². The zero-order valence-electron chi connectivity index (χ0n) is 18.1. The van der Waals surface area contributed by atoms with Gasteiger partial charge in [-0.2, -0.15) is 4.98 Å². The minimum Gasteiger partial charge on any atom is -0.454 e. The number of carbonyl (C=O) groups excluding carboxylic acids is 1. The molecule has 1 aromatic carbocycles. The fraction of sp³-hybridized carbons (Fsp3) is 0.500. The normalized spacial score (nSPS) is 19.1. The van der Waals surface area contributed by atoms with Crippen LogP contribution in [0.5, 0.6) is 11.5 Å². The standard InChI is InChI=1S/C22H28N6O3/c1-16-13-20(26-7-5-25(2)6-8-26)24-22(23-16)28-11-9-27(10-12-28)21(29)17-3-4-18-19(14-17)31-15-30-18/h3-4,13-14H,5-12,15H2,1-2H3. The lowest BCUT2D eigenvalue weighted by molar-refractivity contribution is 0.0745. The largest absolute Gasteiger partial charge is 0.454 e. The second kappa shape index (κ2) is 8.22. The topological polar surface area (TPSA) is 74.3 Å². The molecule has 4 heterocycles. The minimum absolute atomic E-state index is 0.0150. The number of aromatic nitrogens is 2. The van der Waals surface area contributed by atoms with E-state index in [4.69, 9.17) is 14.5 Å². The Hall–Kier alpha value is -3.07. The van der Waals surface area contributed by atoms with Crippen LogP contribution < -0.4 is 19.3 Å². The number of hydrogen-bond donors (Lipinski definition) is 0. The fourth-order valence-corrected chi connectivity index (χ4v) is 4.20. The maximum atomic E-state index is 13.0. The van der Waals surface area contributed by atoms with Gasteiger partial charge in [0.05, 0.1) is 0 Å². The Bertz CT molecular complexity index is 968. The van der Waals surface area contributed by atoms with Crippen LogP contribution in [-0.4, -0.2) is 91.9 Å². The number of ether oxygens (including phenoxy) is 2. The summed E-state index contributed by atoms with van der Waals surface area (Å²) in [7, 11) is 2.15. The van der Waals surface area contributed by atoms with Crippen molar-refractivity contribution in [1.29, 1.82) is 0 Å². The second-order valence-electron chi connectivity index (χ2n) is 8.31. The van der Waals surface area contributed by atoms with E-state index >= 15 is 0 Å². The van der Waals surface area contributed by atoms with Crippen LogP contribution in [0.1, 0.15) is 16.1 Å². The number of carbonyl (C=O) groups is 1. The van der Waals surface area contributed by atoms with E-state index in [9.17, 15) is 4.79 Å². The molecule has 3 aliphatic rings. The molecule has 5 rings (SSSR count). The summed E-state index contributed by atoms with van der Waals surface area (Å²) in [6.45, 7) is 8.95. The van der Waals surface area contributed by atoms with Crippen molar-refractivity contribution >= 4 is 17.7 Å². The van der Waals surface area contributed by atoms with E-state index in [0.717, 1.165) is 43.6 Å². The molecular weight excluding hydrogens is 396 g/mol. The number of rotatable bonds is 3. The van der Waals surface area contributed by atoms with Crippen LogP contribution in [0.3, 0.4) is 0 Å². The Labute approximate surface area is 182 Å². The van der Waals surface area contributed by atoms with E-state index in [1.165, 1.54) is 0 Å². The van der Waals surface area contributed by atoms with Crippen molar-refractivity contribution in [2.45, 2.75) is 6.92 Å². The SMILES string of the molecule is Cc1cc(N2CCN(C)CC2)nc(N2CCN(C(=O)c3ccc4c(c3)OCO4)CC2)n1. The third-order valence-corrected chi connectivity index (χ3v) is 6.13. The maximum Gasteiger partial charge on any atom is 0.254 e. The summed E-state index contributed by atoms with van der Waals surface area (Å²) in [4.78, 5) is 31.2. The van der Waals surface area contributed by atoms with Gasteiger partial charge in [-0.25, -0.2) is 4.98 Å². The highest BCUT2D eigenvalue weighted by atomic mass is 16.7. The van der Waals surface area contributed by atoms with Crippen molar-refractivity contribution in [3.63, 3.8) is 0 Å². The third kappa shape index (κ3) is 4.10. The van der Waals surface area contributed by atoms with Crippen LogP contribution in [0.15, 0.2) is 24.3 Å². The molecule has 0 aliphatic carbocycles. The maximum absolute atomic E-state index is 13.0. The van der Waals surface area contributed by atoms with Crippen LogP contribution in [0.25, 0.3) is 0 Å². The van der Waals surface area contributed by atoms with Gasteiger partial charge in [0.2, 0.25) is 12.7 Å². The molecule has 2 saturated heterocycles. The summed E-state index contributed by atoms with van der Waals surface area (Å²) in [5, 5.41) is 0. The lowest BCUT2D eigenvalue weighted by Gasteiger charge is -2.36. The number of aryl methyl sites for hydroxylation is 1. The number of benzene rings is 1. The highest BCUT2D eigenvalue weighted by molar-refractivity contribution is 5.95. The first-order valence-corrected chi connectivity index (χ1v) is 10.8. The van der Waals surface area contributed by atoms with Gasteiger partial charge in [-0.1, -0.05) is 0 Å². The molecule has 9 heteroatoms. The summed E-state index contributed by atoms with van der Waals surface area (Å²) in [5.41, 5.74) is 1.60. The number of fused-ring (bicyclic) bond motifs is 1. The average molecular weight is 425 g/mol. The zero-order valence-corrected chi connectivity index (χ0v) is 18.1. The van der Waals surface area contributed by atoms with Gasteiger partial charge >= 0.3 is 0 Å². The van der Waals surface area contributed by atoms with Crippen LogP contribution in [0.4, 0.5) is 11.8 Å². The molecule has 2 aromatic rings. The minimum atomic E-state index is 0.0150. The van der Waals surface area contributed by atoms with Gasteiger partial charge in [-0.3, -0.25) is 4.79 Å². The molecule has 0 atom stereocenters. The van der Waals surface area contributed by atoms with Crippen LogP contribution in [-0.2, 0) is 0 Å². The molecular formula is C22H28N6O3. The predicted molar refractivity (Wildman–Crippen MR) is 117 cm³/mol. The van der Waals surface area contributed by atoms with E-state index < -0.39 is 0 Å². The molecule has 0 radical (unpaired) electrons. The first kappa shape index (κ1) is 19.9. The predicted octanol–water partition coefficient (Wildman–Crippen LogP) is 1.23. The summed E-state index contributed by atoms with van der Waals surface area (Å²) in [6, 6.07) is 7.43. The molecule has 31 heavy (non-hydrogen) atoms. The highest BCUT2D eigenvalue weighted by Gasteiger charge is 2.26. The van der Waals surface area contributed by atoms with E-state index in [-0.39, 0.29) is 12.7 Å². The number of piperazine rings is 2. The molecule has 0 unspecified atom stereocenters. The number of anilines is 2. The first-order chi connectivity index (χ1) is 15.1. The number of likely N-dealkylation sites (N-methyl/N-ethyl adjacent to an activating group) is 1. The summed E-state index contributed by atoms with van der Waals surface area (Å²) < 4.78 is 10.7. The van der Waals surface area contributed by atoms with Crippen molar-refractivity contribution in [2.24, 2.45) is 0 Å². The van der Waals surface area contributed by atoms with E-state index in [1.54, 1.807) is 18.2 Å². The molecule has 9 nitrogen and oxygen atoms in total. The molecule has 0 N–H and O–H groups in total.